The number of hydrogen-bond acceptors (Lipinski definition) is 1. The molecule has 0 atom stereocenters. The maximum absolute atomic E-state index is 4.86. The number of rotatable bonds is 1. The van der Waals surface area contributed by atoms with Gasteiger partial charge in [0.1, 0.15) is 5.70 Å². The van der Waals surface area contributed by atoms with Crippen LogP contribution in [0.4, 0.5) is 0 Å². The van der Waals surface area contributed by atoms with E-state index in [0.29, 0.717) is 5.41 Å². The van der Waals surface area contributed by atoms with Gasteiger partial charge in [-0.25, -0.2) is 0 Å². The summed E-state index contributed by atoms with van der Waals surface area (Å²) >= 11 is 0. The van der Waals surface area contributed by atoms with E-state index < -0.39 is 0 Å². The van der Waals surface area contributed by atoms with Crippen LogP contribution in [0.1, 0.15) is 68.2 Å². The third-order valence-electron chi connectivity index (χ3n) is 2.79. The average Bonchev–Trinajstić information content (AvgIpc) is 1.90. The van der Waals surface area contributed by atoms with Crippen LogP contribution in [-0.2, 0) is 0 Å². The summed E-state index contributed by atoms with van der Waals surface area (Å²) in [7, 11) is 0. The van der Waals surface area contributed by atoms with E-state index in [1.54, 1.807) is 0 Å². The third kappa shape index (κ3) is 5.81. The summed E-state index contributed by atoms with van der Waals surface area (Å²) in [4.78, 5) is 4.86. The lowest BCUT2D eigenvalue weighted by Gasteiger charge is -2.32. The van der Waals surface area contributed by atoms with Crippen LogP contribution in [0.2, 0.25) is 0 Å². The molecule has 1 aliphatic carbocycles. The number of aliphatic imine (C=N–C) groups is 1. The first-order valence-corrected chi connectivity index (χ1v) is 7.02. The summed E-state index contributed by atoms with van der Waals surface area (Å²) in [6.07, 6.45) is 4.56. The van der Waals surface area contributed by atoms with Crippen LogP contribution in [0.3, 0.4) is 0 Å². The van der Waals surface area contributed by atoms with Gasteiger partial charge in [-0.3, -0.25) is 4.99 Å². The van der Waals surface area contributed by atoms with Gasteiger partial charge in [-0.05, 0) is 53.4 Å². The lowest BCUT2D eigenvalue weighted by Crippen LogP contribution is -2.93. The van der Waals surface area contributed by atoms with Gasteiger partial charge >= 0.3 is 0 Å². The standard InChI is InChI=1S/C16H30N2/c1-14(2,3)17-12-9-13(18-15(4,5)6)11-16(7,8)10-12/h9,17H,10-11H2,1-8H3/p+1. The lowest BCUT2D eigenvalue weighted by molar-refractivity contribution is -0.676. The van der Waals surface area contributed by atoms with Crippen molar-refractivity contribution in [3.05, 3.63) is 11.8 Å². The van der Waals surface area contributed by atoms with Gasteiger partial charge in [0.05, 0.1) is 11.1 Å². The van der Waals surface area contributed by atoms with Gasteiger partial charge in [-0.1, -0.05) is 13.8 Å². The maximum atomic E-state index is 4.86. The molecular formula is C16H31N2+. The summed E-state index contributed by atoms with van der Waals surface area (Å²) in [6.45, 7) is 18.0. The van der Waals surface area contributed by atoms with Crippen molar-refractivity contribution in [2.75, 3.05) is 0 Å². The van der Waals surface area contributed by atoms with E-state index >= 15 is 0 Å². The van der Waals surface area contributed by atoms with E-state index in [4.69, 9.17) is 4.99 Å². The van der Waals surface area contributed by atoms with Crippen LogP contribution >= 0.6 is 0 Å². The Bertz CT molecular complexity index is 360. The van der Waals surface area contributed by atoms with Gasteiger partial charge in [0.15, 0.2) is 0 Å². The highest BCUT2D eigenvalue weighted by Crippen LogP contribution is 2.32. The minimum atomic E-state index is 0.0199. The number of hydrogen-bond donors (Lipinski definition) is 1. The number of allylic oxidation sites excluding steroid dienone is 2. The van der Waals surface area contributed by atoms with Gasteiger partial charge in [0.25, 0.3) is 0 Å². The molecule has 0 fully saturated rings. The zero-order valence-electron chi connectivity index (χ0n) is 13.5. The van der Waals surface area contributed by atoms with E-state index in [1.165, 1.54) is 11.4 Å². The number of nitrogens with zero attached hydrogens (tertiary/aromatic N) is 1. The quantitative estimate of drug-likeness (QED) is 0.741. The first kappa shape index (κ1) is 15.4. The summed E-state index contributed by atoms with van der Waals surface area (Å²) in [6, 6.07) is 0. The monoisotopic (exact) mass is 251 g/mol. The topological polar surface area (TPSA) is 29.0 Å². The zero-order valence-corrected chi connectivity index (χ0v) is 13.5. The van der Waals surface area contributed by atoms with E-state index in [9.17, 15) is 0 Å². The molecule has 0 amide bonds. The molecule has 0 saturated heterocycles. The Morgan fingerprint density at radius 1 is 1.06 bits per heavy atom. The molecule has 0 aliphatic heterocycles. The van der Waals surface area contributed by atoms with Crippen molar-refractivity contribution >= 4 is 5.71 Å². The molecule has 2 N–H and O–H groups in total. The molecule has 104 valence electrons. The van der Waals surface area contributed by atoms with Crippen LogP contribution in [0, 0.1) is 5.41 Å². The van der Waals surface area contributed by atoms with Crippen molar-refractivity contribution < 1.29 is 5.32 Å². The molecule has 2 nitrogen and oxygen atoms in total. The van der Waals surface area contributed by atoms with E-state index in [-0.39, 0.29) is 11.1 Å². The minimum absolute atomic E-state index is 0.0199. The molecule has 1 aliphatic rings. The van der Waals surface area contributed by atoms with Crippen LogP contribution < -0.4 is 5.32 Å². The predicted molar refractivity (Wildman–Crippen MR) is 80.0 cm³/mol. The number of quaternary nitrogens is 1. The average molecular weight is 251 g/mol. The Morgan fingerprint density at radius 2 is 1.61 bits per heavy atom. The molecule has 2 heteroatoms. The molecule has 0 spiro atoms. The highest BCUT2D eigenvalue weighted by molar-refractivity contribution is 5.96. The molecule has 0 unspecified atom stereocenters. The molecule has 1 rings (SSSR count). The van der Waals surface area contributed by atoms with Gasteiger partial charge in [0, 0.05) is 18.2 Å². The normalized spacial score (nSPS) is 23.1. The van der Waals surface area contributed by atoms with Crippen molar-refractivity contribution in [3.8, 4) is 0 Å². The molecule has 0 aromatic heterocycles. The van der Waals surface area contributed by atoms with Crippen molar-refractivity contribution in [1.29, 1.82) is 0 Å². The van der Waals surface area contributed by atoms with E-state index in [1.807, 2.05) is 0 Å². The summed E-state index contributed by atoms with van der Waals surface area (Å²) in [5.41, 5.74) is 3.30. The Labute approximate surface area is 113 Å². The van der Waals surface area contributed by atoms with Gasteiger partial charge in [-0.15, -0.1) is 0 Å². The predicted octanol–water partition coefficient (Wildman–Crippen LogP) is 3.29. The molecule has 0 heterocycles. The van der Waals surface area contributed by atoms with Gasteiger partial charge in [-0.2, -0.15) is 0 Å². The maximum Gasteiger partial charge on any atom is 0.108 e. The fraction of sp³-hybridized carbons (Fsp3) is 0.812. The van der Waals surface area contributed by atoms with Gasteiger partial charge in [0.2, 0.25) is 0 Å². The van der Waals surface area contributed by atoms with Crippen molar-refractivity contribution in [1.82, 2.24) is 0 Å². The first-order valence-electron chi connectivity index (χ1n) is 7.02. The molecule has 0 saturated carbocycles. The van der Waals surface area contributed by atoms with Crippen LogP contribution in [0.25, 0.3) is 0 Å². The second-order valence-electron chi connectivity index (χ2n) is 8.52. The molecule has 0 aromatic rings. The van der Waals surface area contributed by atoms with E-state index in [2.05, 4.69) is 66.8 Å². The van der Waals surface area contributed by atoms with Crippen molar-refractivity contribution in [2.24, 2.45) is 10.4 Å². The fourth-order valence-electron chi connectivity index (χ4n) is 2.57. The van der Waals surface area contributed by atoms with Crippen LogP contribution in [0.15, 0.2) is 16.8 Å². The second-order valence-corrected chi connectivity index (χ2v) is 8.52. The highest BCUT2D eigenvalue weighted by Gasteiger charge is 2.31. The molecule has 0 radical (unpaired) electrons. The molecule has 18 heavy (non-hydrogen) atoms. The van der Waals surface area contributed by atoms with E-state index in [0.717, 1.165) is 12.8 Å². The Balaban J connectivity index is 3.00. The highest BCUT2D eigenvalue weighted by atomic mass is 15.0. The van der Waals surface area contributed by atoms with Gasteiger partial charge < -0.3 is 5.32 Å². The summed E-state index contributed by atoms with van der Waals surface area (Å²) in [5.74, 6) is 0. The third-order valence-corrected chi connectivity index (χ3v) is 2.79. The minimum Gasteiger partial charge on any atom is -0.313 e. The number of nitrogens with two attached hydrogens (primary N) is 1. The summed E-state index contributed by atoms with van der Waals surface area (Å²) in [5, 5.41) is 2.39. The van der Waals surface area contributed by atoms with Crippen LogP contribution in [-0.4, -0.2) is 16.8 Å². The van der Waals surface area contributed by atoms with Crippen molar-refractivity contribution in [3.63, 3.8) is 0 Å². The second kappa shape index (κ2) is 4.80. The smallest absolute Gasteiger partial charge is 0.108 e. The Kier molecular flexibility index (Phi) is 4.12. The summed E-state index contributed by atoms with van der Waals surface area (Å²) < 4.78 is 0. The lowest BCUT2D eigenvalue weighted by atomic mass is 9.78. The van der Waals surface area contributed by atoms with Crippen molar-refractivity contribution in [2.45, 2.75) is 79.3 Å². The Morgan fingerprint density at radius 3 is 2.06 bits per heavy atom. The largest absolute Gasteiger partial charge is 0.313 e. The zero-order chi connectivity index (χ0) is 14.2. The molecular weight excluding hydrogens is 220 g/mol. The fourth-order valence-corrected chi connectivity index (χ4v) is 2.57. The molecule has 0 bridgehead atoms. The first-order chi connectivity index (χ1) is 7.86. The Hall–Kier alpha value is -0.630. The molecule has 0 aromatic carbocycles. The SMILES string of the molecule is CC1(C)CC([NH2+]C(C)(C)C)=CC(=NC(C)(C)C)C1. The van der Waals surface area contributed by atoms with Crippen LogP contribution in [0.5, 0.6) is 0 Å².